The van der Waals surface area contributed by atoms with Crippen LogP contribution < -0.4 is 0 Å². The molecule has 4 atom stereocenters. The van der Waals surface area contributed by atoms with Crippen molar-refractivity contribution in [3.05, 3.63) is 0 Å². The molecule has 0 fully saturated rings. The molecule has 0 aromatic rings. The smallest absolute Gasteiger partial charge is 0.0512 e. The Morgan fingerprint density at radius 1 is 0.141 bits per heavy atom. The third-order valence-electron chi connectivity index (χ3n) is 17.9. The first kappa shape index (κ1) is 94.3. The van der Waals surface area contributed by atoms with Crippen LogP contribution in [0.3, 0.4) is 0 Å². The summed E-state index contributed by atoms with van der Waals surface area (Å²) < 4.78 is 0. The van der Waals surface area contributed by atoms with Gasteiger partial charge in [0.2, 0.25) is 0 Å². The maximum absolute atomic E-state index is 9.17. The zero-order valence-corrected chi connectivity index (χ0v) is 62.2. The largest absolute Gasteiger partial charge is 0.393 e. The summed E-state index contributed by atoms with van der Waals surface area (Å²) in [5.41, 5.74) is 0. The van der Waals surface area contributed by atoms with E-state index in [4.69, 9.17) is 20.4 Å². The molecule has 0 bridgehead atoms. The summed E-state index contributed by atoms with van der Waals surface area (Å²) in [4.78, 5) is 0. The van der Waals surface area contributed by atoms with Crippen molar-refractivity contribution in [2.45, 2.75) is 516 Å². The normalized spacial score (nSPS) is 12.6. The summed E-state index contributed by atoms with van der Waals surface area (Å²) in [6.45, 7) is 16.7. The summed E-state index contributed by atoms with van der Waals surface area (Å²) in [5, 5.41) is 36.7. The van der Waals surface area contributed by atoms with E-state index < -0.39 is 0 Å². The minimum Gasteiger partial charge on any atom is -0.393 e. The molecule has 0 rings (SSSR count). The van der Waals surface area contributed by atoms with Crippen molar-refractivity contribution in [2.75, 3.05) is 0 Å². The van der Waals surface area contributed by atoms with Crippen LogP contribution in [0.1, 0.15) is 492 Å². The summed E-state index contributed by atoms with van der Waals surface area (Å²) in [6.07, 6.45) is 93.9. The Hall–Kier alpha value is 0.554. The summed E-state index contributed by atoms with van der Waals surface area (Å²) in [7, 11) is 0. The predicted octanol–water partition coefficient (Wildman–Crippen LogP) is 28.1. The van der Waals surface area contributed by atoms with Crippen LogP contribution in [0.15, 0.2) is 0 Å². The minimum absolute atomic E-state index is 0. The van der Waals surface area contributed by atoms with Crippen LogP contribution in [0.5, 0.6) is 0 Å². The van der Waals surface area contributed by atoms with Gasteiger partial charge in [-0.1, -0.05) is 439 Å². The molecular formula is C80H168O4Ti. The first-order valence-electron chi connectivity index (χ1n) is 39.8. The van der Waals surface area contributed by atoms with Crippen LogP contribution in [0.25, 0.3) is 0 Å². The quantitative estimate of drug-likeness (QED) is 0.0361. The van der Waals surface area contributed by atoms with Crippen molar-refractivity contribution in [3.8, 4) is 0 Å². The van der Waals surface area contributed by atoms with E-state index in [1.54, 1.807) is 0 Å². The Bertz CT molecular complexity index is 875. The van der Waals surface area contributed by atoms with Crippen LogP contribution in [-0.4, -0.2) is 44.8 Å². The van der Waals surface area contributed by atoms with Crippen molar-refractivity contribution in [3.63, 3.8) is 0 Å². The molecule has 4 N–H and O–H groups in total. The Labute approximate surface area is 555 Å². The van der Waals surface area contributed by atoms with Gasteiger partial charge in [0.1, 0.15) is 0 Å². The van der Waals surface area contributed by atoms with Gasteiger partial charge in [-0.3, -0.25) is 0 Å². The topological polar surface area (TPSA) is 80.9 Å². The van der Waals surface area contributed by atoms with Crippen LogP contribution in [0, 0.1) is 0 Å². The SMILES string of the molecule is CCCCCCCCCCCCCCCCCCC(C)O.CCCCCCCCCCCCCCCCCCC(C)O.CCCCCCCCCCCCCCCCCCC(C)O.CCCCCCCCCCCCCCCCCCC(C)O.[Ti]. The van der Waals surface area contributed by atoms with E-state index in [0.29, 0.717) is 0 Å². The van der Waals surface area contributed by atoms with E-state index in [9.17, 15) is 0 Å². The average Bonchev–Trinajstić information content (AvgIpc) is 3.47. The van der Waals surface area contributed by atoms with Gasteiger partial charge in [0.15, 0.2) is 0 Å². The van der Waals surface area contributed by atoms with E-state index in [-0.39, 0.29) is 46.1 Å². The second-order valence-corrected chi connectivity index (χ2v) is 27.8. The number of aliphatic hydroxyl groups is 4. The second kappa shape index (κ2) is 91.0. The number of hydrogen-bond acceptors (Lipinski definition) is 4. The van der Waals surface area contributed by atoms with Gasteiger partial charge in [-0.15, -0.1) is 0 Å². The maximum Gasteiger partial charge on any atom is 0.0512 e. The standard InChI is InChI=1S/4C20H42O.Ti/c4*1-3-4-5-6-7-8-9-10-11-12-13-14-15-16-17-18-19-20(2)21;/h4*20-21H,3-19H2,1-2H3;. The molecule has 0 radical (unpaired) electrons. The Balaban J connectivity index is -0.000000333. The molecule has 5 heteroatoms. The van der Waals surface area contributed by atoms with Crippen LogP contribution in [-0.2, 0) is 21.7 Å². The molecule has 516 valence electrons. The van der Waals surface area contributed by atoms with Gasteiger partial charge in [-0.05, 0) is 53.4 Å². The Kier molecular flexibility index (Phi) is 101. The summed E-state index contributed by atoms with van der Waals surface area (Å²) >= 11 is 0. The van der Waals surface area contributed by atoms with Crippen LogP contribution in [0.4, 0.5) is 0 Å². The molecule has 85 heavy (non-hydrogen) atoms. The zero-order valence-electron chi connectivity index (χ0n) is 60.7. The molecule has 0 heterocycles. The Morgan fingerprint density at radius 3 is 0.282 bits per heavy atom. The fourth-order valence-corrected chi connectivity index (χ4v) is 12.0. The number of aliphatic hydroxyl groups excluding tert-OH is 4. The van der Waals surface area contributed by atoms with Gasteiger partial charge in [-0.25, -0.2) is 0 Å². The summed E-state index contributed by atoms with van der Waals surface area (Å²) in [5.74, 6) is 0. The molecule has 0 spiro atoms. The van der Waals surface area contributed by atoms with Crippen molar-refractivity contribution in [1.82, 2.24) is 0 Å². The van der Waals surface area contributed by atoms with E-state index in [1.165, 1.54) is 411 Å². The number of hydrogen-bond donors (Lipinski definition) is 4. The van der Waals surface area contributed by atoms with Gasteiger partial charge in [0.25, 0.3) is 0 Å². The van der Waals surface area contributed by atoms with Crippen molar-refractivity contribution < 1.29 is 42.1 Å². The van der Waals surface area contributed by atoms with Gasteiger partial charge in [0.05, 0.1) is 24.4 Å². The molecule has 0 aromatic heterocycles. The van der Waals surface area contributed by atoms with Crippen molar-refractivity contribution in [2.24, 2.45) is 0 Å². The minimum atomic E-state index is -0.100. The molecule has 4 nitrogen and oxygen atoms in total. The number of rotatable bonds is 68. The number of unbranched alkanes of at least 4 members (excludes halogenated alkanes) is 60. The van der Waals surface area contributed by atoms with Gasteiger partial charge in [-0.2, -0.15) is 0 Å². The predicted molar refractivity (Wildman–Crippen MR) is 383 cm³/mol. The van der Waals surface area contributed by atoms with Gasteiger partial charge >= 0.3 is 0 Å². The molecule has 0 saturated heterocycles. The molecular weight excluding hydrogens is 1070 g/mol. The van der Waals surface area contributed by atoms with Gasteiger partial charge < -0.3 is 20.4 Å². The molecule has 0 saturated carbocycles. The fraction of sp³-hybridized carbons (Fsp3) is 1.00. The van der Waals surface area contributed by atoms with E-state index in [2.05, 4.69) is 27.7 Å². The van der Waals surface area contributed by atoms with Crippen molar-refractivity contribution in [1.29, 1.82) is 0 Å². The van der Waals surface area contributed by atoms with E-state index in [0.717, 1.165) is 25.7 Å². The average molecular weight is 1240 g/mol. The molecule has 0 aromatic carbocycles. The Morgan fingerprint density at radius 2 is 0.212 bits per heavy atom. The third-order valence-corrected chi connectivity index (χ3v) is 17.9. The van der Waals surface area contributed by atoms with E-state index in [1.807, 2.05) is 27.7 Å². The molecule has 0 aliphatic heterocycles. The summed E-state index contributed by atoms with van der Waals surface area (Å²) in [6, 6.07) is 0. The van der Waals surface area contributed by atoms with Crippen LogP contribution in [0.2, 0.25) is 0 Å². The van der Waals surface area contributed by atoms with E-state index >= 15 is 0 Å². The second-order valence-electron chi connectivity index (χ2n) is 27.8. The fourth-order valence-electron chi connectivity index (χ4n) is 12.0. The molecule has 0 aliphatic carbocycles. The molecule has 4 unspecified atom stereocenters. The first-order chi connectivity index (χ1) is 41.1. The zero-order chi connectivity index (χ0) is 62.4. The first-order valence-corrected chi connectivity index (χ1v) is 39.8. The van der Waals surface area contributed by atoms with Crippen molar-refractivity contribution >= 4 is 0 Å². The molecule has 0 amide bonds. The monoisotopic (exact) mass is 1240 g/mol. The maximum atomic E-state index is 9.17. The van der Waals surface area contributed by atoms with Gasteiger partial charge in [0, 0.05) is 21.7 Å². The molecule has 0 aliphatic rings. The third kappa shape index (κ3) is 109. The van der Waals surface area contributed by atoms with Crippen LogP contribution >= 0.6 is 0 Å².